The van der Waals surface area contributed by atoms with Gasteiger partial charge in [0.05, 0.1) is 13.7 Å². The summed E-state index contributed by atoms with van der Waals surface area (Å²) >= 11 is 0. The Morgan fingerprint density at radius 2 is 2.07 bits per heavy atom. The molecule has 0 aliphatic heterocycles. The van der Waals surface area contributed by atoms with Crippen LogP contribution in [0.15, 0.2) is 18.2 Å². The second-order valence-corrected chi connectivity index (χ2v) is 3.72. The quantitative estimate of drug-likeness (QED) is 0.799. The van der Waals surface area contributed by atoms with Gasteiger partial charge in [0.25, 0.3) is 0 Å². The lowest BCUT2D eigenvalue weighted by molar-refractivity contribution is 0.180. The molecule has 0 fully saturated rings. The molecule has 0 spiro atoms. The summed E-state index contributed by atoms with van der Waals surface area (Å²) < 4.78 is 10.2. The summed E-state index contributed by atoms with van der Waals surface area (Å²) in [6.07, 6.45) is 0.832. The van der Waals surface area contributed by atoms with Crippen molar-refractivity contribution in [2.24, 2.45) is 5.73 Å². The van der Waals surface area contributed by atoms with Crippen LogP contribution in [-0.2, 0) is 11.2 Å². The standard InChI is InChI=1S/C12H19NO2/c1-9-6-10(4-5-12(9)15-3)7-11(13)8-14-2/h4-6,11H,7-8,13H2,1-3H3/t11-/m0/s1. The topological polar surface area (TPSA) is 44.5 Å². The molecule has 0 radical (unpaired) electrons. The normalized spacial score (nSPS) is 12.5. The Bertz CT molecular complexity index is 312. The van der Waals surface area contributed by atoms with E-state index in [-0.39, 0.29) is 6.04 Å². The van der Waals surface area contributed by atoms with Crippen LogP contribution in [0.3, 0.4) is 0 Å². The van der Waals surface area contributed by atoms with Crippen molar-refractivity contribution in [2.75, 3.05) is 20.8 Å². The molecule has 1 aromatic carbocycles. The van der Waals surface area contributed by atoms with Crippen molar-refractivity contribution >= 4 is 0 Å². The SMILES string of the molecule is COC[C@@H](N)Cc1ccc(OC)c(C)c1. The molecule has 0 aliphatic carbocycles. The number of benzene rings is 1. The van der Waals surface area contributed by atoms with Gasteiger partial charge >= 0.3 is 0 Å². The van der Waals surface area contributed by atoms with Crippen molar-refractivity contribution in [2.45, 2.75) is 19.4 Å². The summed E-state index contributed by atoms with van der Waals surface area (Å²) in [5.41, 5.74) is 8.24. The van der Waals surface area contributed by atoms with Gasteiger partial charge in [0.15, 0.2) is 0 Å². The van der Waals surface area contributed by atoms with Gasteiger partial charge in [0.2, 0.25) is 0 Å². The molecule has 3 heteroatoms. The van der Waals surface area contributed by atoms with Crippen molar-refractivity contribution in [3.8, 4) is 5.75 Å². The predicted octanol–water partition coefficient (Wildman–Crippen LogP) is 1.52. The van der Waals surface area contributed by atoms with E-state index in [9.17, 15) is 0 Å². The van der Waals surface area contributed by atoms with E-state index in [4.69, 9.17) is 15.2 Å². The lowest BCUT2D eigenvalue weighted by Crippen LogP contribution is -2.27. The van der Waals surface area contributed by atoms with Gasteiger partial charge in [-0.05, 0) is 30.5 Å². The van der Waals surface area contributed by atoms with Crippen molar-refractivity contribution in [1.82, 2.24) is 0 Å². The second-order valence-electron chi connectivity index (χ2n) is 3.72. The van der Waals surface area contributed by atoms with Gasteiger partial charge in [-0.25, -0.2) is 0 Å². The minimum Gasteiger partial charge on any atom is -0.496 e. The Hall–Kier alpha value is -1.06. The fourth-order valence-electron chi connectivity index (χ4n) is 1.64. The molecule has 0 unspecified atom stereocenters. The van der Waals surface area contributed by atoms with Gasteiger partial charge in [-0.1, -0.05) is 12.1 Å². The largest absolute Gasteiger partial charge is 0.496 e. The van der Waals surface area contributed by atoms with Crippen molar-refractivity contribution < 1.29 is 9.47 Å². The predicted molar refractivity (Wildman–Crippen MR) is 61.3 cm³/mol. The van der Waals surface area contributed by atoms with Gasteiger partial charge in [-0.15, -0.1) is 0 Å². The zero-order chi connectivity index (χ0) is 11.3. The minimum absolute atomic E-state index is 0.0581. The van der Waals surface area contributed by atoms with E-state index >= 15 is 0 Å². The lowest BCUT2D eigenvalue weighted by atomic mass is 10.0. The first-order chi connectivity index (χ1) is 7.17. The van der Waals surface area contributed by atoms with Gasteiger partial charge in [0, 0.05) is 13.2 Å². The maximum absolute atomic E-state index is 5.88. The number of hydrogen-bond acceptors (Lipinski definition) is 3. The Morgan fingerprint density at radius 1 is 1.33 bits per heavy atom. The summed E-state index contributed by atoms with van der Waals surface area (Å²) in [7, 11) is 3.35. The summed E-state index contributed by atoms with van der Waals surface area (Å²) in [6, 6.07) is 6.18. The molecule has 0 aliphatic rings. The maximum Gasteiger partial charge on any atom is 0.121 e. The van der Waals surface area contributed by atoms with E-state index in [1.165, 1.54) is 5.56 Å². The Kier molecular flexibility index (Phi) is 4.59. The monoisotopic (exact) mass is 209 g/mol. The number of hydrogen-bond donors (Lipinski definition) is 1. The van der Waals surface area contributed by atoms with Crippen molar-refractivity contribution in [3.05, 3.63) is 29.3 Å². The second kappa shape index (κ2) is 5.73. The van der Waals surface area contributed by atoms with Gasteiger partial charge in [-0.3, -0.25) is 0 Å². The summed E-state index contributed by atoms with van der Waals surface area (Å²) in [6.45, 7) is 2.62. The van der Waals surface area contributed by atoms with Crippen LogP contribution in [-0.4, -0.2) is 26.9 Å². The molecule has 1 rings (SSSR count). The zero-order valence-electron chi connectivity index (χ0n) is 9.62. The smallest absolute Gasteiger partial charge is 0.121 e. The van der Waals surface area contributed by atoms with Crippen LogP contribution in [0.1, 0.15) is 11.1 Å². The molecule has 0 bridgehead atoms. The highest BCUT2D eigenvalue weighted by Gasteiger charge is 2.05. The average molecular weight is 209 g/mol. The van der Waals surface area contributed by atoms with Crippen LogP contribution < -0.4 is 10.5 Å². The van der Waals surface area contributed by atoms with E-state index in [0.29, 0.717) is 6.61 Å². The molecule has 15 heavy (non-hydrogen) atoms. The molecule has 3 nitrogen and oxygen atoms in total. The van der Waals surface area contributed by atoms with Crippen LogP contribution >= 0.6 is 0 Å². The molecule has 84 valence electrons. The van der Waals surface area contributed by atoms with E-state index in [0.717, 1.165) is 17.7 Å². The van der Waals surface area contributed by atoms with Crippen LogP contribution in [0.4, 0.5) is 0 Å². The van der Waals surface area contributed by atoms with Crippen LogP contribution in [0.25, 0.3) is 0 Å². The first-order valence-electron chi connectivity index (χ1n) is 5.05. The maximum atomic E-state index is 5.88. The first kappa shape index (κ1) is 12.0. The average Bonchev–Trinajstić information content (AvgIpc) is 2.18. The third-order valence-electron chi connectivity index (χ3n) is 2.34. The minimum atomic E-state index is 0.0581. The van der Waals surface area contributed by atoms with Gasteiger partial charge < -0.3 is 15.2 Å². The van der Waals surface area contributed by atoms with E-state index < -0.39 is 0 Å². The number of methoxy groups -OCH3 is 2. The van der Waals surface area contributed by atoms with Crippen LogP contribution in [0.2, 0.25) is 0 Å². The molecule has 0 heterocycles. The number of rotatable bonds is 5. The Labute approximate surface area is 91.2 Å². The fourth-order valence-corrected chi connectivity index (χ4v) is 1.64. The van der Waals surface area contributed by atoms with Gasteiger partial charge in [0.1, 0.15) is 5.75 Å². The molecule has 0 aromatic heterocycles. The number of ether oxygens (including phenoxy) is 2. The molecular weight excluding hydrogens is 190 g/mol. The molecule has 2 N–H and O–H groups in total. The summed E-state index contributed by atoms with van der Waals surface area (Å²) in [5, 5.41) is 0. The highest BCUT2D eigenvalue weighted by atomic mass is 16.5. The molecule has 1 atom stereocenters. The van der Waals surface area contributed by atoms with E-state index in [1.807, 2.05) is 19.1 Å². The Balaban J connectivity index is 2.66. The highest BCUT2D eigenvalue weighted by Crippen LogP contribution is 2.19. The van der Waals surface area contributed by atoms with Gasteiger partial charge in [-0.2, -0.15) is 0 Å². The van der Waals surface area contributed by atoms with Crippen molar-refractivity contribution in [3.63, 3.8) is 0 Å². The molecule has 0 saturated carbocycles. The Morgan fingerprint density at radius 3 is 2.60 bits per heavy atom. The third kappa shape index (κ3) is 3.53. The highest BCUT2D eigenvalue weighted by molar-refractivity contribution is 5.36. The molecule has 0 saturated heterocycles. The lowest BCUT2D eigenvalue weighted by Gasteiger charge is -2.12. The molecule has 1 aromatic rings. The van der Waals surface area contributed by atoms with Crippen LogP contribution in [0, 0.1) is 6.92 Å². The number of aryl methyl sites for hydroxylation is 1. The van der Waals surface area contributed by atoms with E-state index in [1.54, 1.807) is 14.2 Å². The third-order valence-corrected chi connectivity index (χ3v) is 2.34. The summed E-state index contributed by atoms with van der Waals surface area (Å²) in [4.78, 5) is 0. The van der Waals surface area contributed by atoms with Crippen LogP contribution in [0.5, 0.6) is 5.75 Å². The van der Waals surface area contributed by atoms with Crippen molar-refractivity contribution in [1.29, 1.82) is 0 Å². The first-order valence-corrected chi connectivity index (χ1v) is 5.05. The zero-order valence-corrected chi connectivity index (χ0v) is 9.62. The molecular formula is C12H19NO2. The fraction of sp³-hybridized carbons (Fsp3) is 0.500. The molecule has 0 amide bonds. The summed E-state index contributed by atoms with van der Waals surface area (Å²) in [5.74, 6) is 0.916. The van der Waals surface area contributed by atoms with E-state index in [2.05, 4.69) is 6.07 Å². The number of nitrogens with two attached hydrogens (primary N) is 1.